The molecule has 0 saturated carbocycles. The van der Waals surface area contributed by atoms with E-state index in [-0.39, 0.29) is 0 Å². The third-order valence-electron chi connectivity index (χ3n) is 4.36. The van der Waals surface area contributed by atoms with E-state index < -0.39 is 5.92 Å². The van der Waals surface area contributed by atoms with Crippen LogP contribution in [0.4, 0.5) is 11.6 Å². The summed E-state index contributed by atoms with van der Waals surface area (Å²) in [6.45, 7) is 1.78. The number of allylic oxidation sites excluding steroid dienone is 1. The average molecular weight is 363 g/mol. The number of halogens is 1. The number of aromatic nitrogens is 1. The minimum Gasteiger partial charge on any atom is -0.424 e. The van der Waals surface area contributed by atoms with Crippen LogP contribution in [-0.4, -0.2) is 4.98 Å². The smallest absolute Gasteiger partial charge is 0.230 e. The number of nitriles is 1. The molecule has 1 aliphatic heterocycles. The summed E-state index contributed by atoms with van der Waals surface area (Å²) in [5.74, 6) is 0.985. The molecule has 0 spiro atoms. The van der Waals surface area contributed by atoms with Gasteiger partial charge >= 0.3 is 0 Å². The first-order chi connectivity index (χ1) is 12.6. The highest BCUT2D eigenvalue weighted by molar-refractivity contribution is 6.30. The van der Waals surface area contributed by atoms with Crippen LogP contribution in [0.3, 0.4) is 0 Å². The van der Waals surface area contributed by atoms with E-state index in [4.69, 9.17) is 21.8 Å². The Kier molecular flexibility index (Phi) is 3.90. The van der Waals surface area contributed by atoms with E-state index in [2.05, 4.69) is 11.1 Å². The lowest BCUT2D eigenvalue weighted by molar-refractivity contribution is 0.522. The molecule has 1 aromatic heterocycles. The monoisotopic (exact) mass is 362 g/mol. The quantitative estimate of drug-likeness (QED) is 0.719. The predicted molar refractivity (Wildman–Crippen MR) is 99.9 cm³/mol. The van der Waals surface area contributed by atoms with Crippen molar-refractivity contribution in [1.82, 2.24) is 4.98 Å². The SMILES string of the molecule is Cc1nc2c(o1)N(c1ccccc1)C(N)=C(C#N)C2c1ccc(Cl)cc1. The minimum atomic E-state index is -0.398. The molecule has 2 N–H and O–H groups in total. The molecule has 1 aliphatic rings. The molecule has 26 heavy (non-hydrogen) atoms. The molecule has 0 saturated heterocycles. The number of para-hydroxylation sites is 1. The predicted octanol–water partition coefficient (Wildman–Crippen LogP) is 4.61. The van der Waals surface area contributed by atoms with Gasteiger partial charge in [-0.1, -0.05) is 41.9 Å². The van der Waals surface area contributed by atoms with Crippen LogP contribution >= 0.6 is 11.6 Å². The zero-order chi connectivity index (χ0) is 18.3. The lowest BCUT2D eigenvalue weighted by Gasteiger charge is -2.31. The number of hydrogen-bond donors (Lipinski definition) is 1. The first-order valence-corrected chi connectivity index (χ1v) is 8.45. The van der Waals surface area contributed by atoms with Crippen LogP contribution in [0.5, 0.6) is 0 Å². The Bertz CT molecular complexity index is 1030. The maximum absolute atomic E-state index is 9.85. The van der Waals surface area contributed by atoms with Crippen LogP contribution in [0.1, 0.15) is 23.1 Å². The fraction of sp³-hybridized carbons (Fsp3) is 0.100. The van der Waals surface area contributed by atoms with Crippen molar-refractivity contribution < 1.29 is 4.42 Å². The Labute approximate surface area is 155 Å². The van der Waals surface area contributed by atoms with E-state index in [1.165, 1.54) is 0 Å². The van der Waals surface area contributed by atoms with Gasteiger partial charge in [-0.25, -0.2) is 4.98 Å². The number of rotatable bonds is 2. The Balaban J connectivity index is 1.96. The van der Waals surface area contributed by atoms with Crippen molar-refractivity contribution in [2.75, 3.05) is 4.90 Å². The fourth-order valence-corrected chi connectivity index (χ4v) is 3.36. The average Bonchev–Trinajstić information content (AvgIpc) is 3.03. The highest BCUT2D eigenvalue weighted by atomic mass is 35.5. The summed E-state index contributed by atoms with van der Waals surface area (Å²) in [4.78, 5) is 6.29. The molecule has 0 radical (unpaired) electrons. The highest BCUT2D eigenvalue weighted by Gasteiger charge is 2.38. The second-order valence-electron chi connectivity index (χ2n) is 5.99. The Morgan fingerprint density at radius 1 is 1.15 bits per heavy atom. The van der Waals surface area contributed by atoms with Gasteiger partial charge in [0, 0.05) is 11.9 Å². The summed E-state index contributed by atoms with van der Waals surface area (Å²) in [5.41, 5.74) is 9.21. The van der Waals surface area contributed by atoms with Crippen molar-refractivity contribution in [3.63, 3.8) is 0 Å². The van der Waals surface area contributed by atoms with Gasteiger partial charge in [-0.05, 0) is 29.8 Å². The molecule has 0 amide bonds. The van der Waals surface area contributed by atoms with E-state index in [0.29, 0.717) is 33.9 Å². The van der Waals surface area contributed by atoms with E-state index in [1.54, 1.807) is 24.0 Å². The maximum atomic E-state index is 9.85. The molecule has 1 unspecified atom stereocenters. The first-order valence-electron chi connectivity index (χ1n) is 8.08. The Morgan fingerprint density at radius 2 is 1.85 bits per heavy atom. The van der Waals surface area contributed by atoms with Crippen LogP contribution in [0, 0.1) is 18.3 Å². The zero-order valence-electron chi connectivity index (χ0n) is 14.0. The van der Waals surface area contributed by atoms with Gasteiger partial charge in [0.2, 0.25) is 5.88 Å². The molecule has 5 nitrogen and oxygen atoms in total. The van der Waals surface area contributed by atoms with Crippen LogP contribution in [0.15, 0.2) is 70.4 Å². The fourth-order valence-electron chi connectivity index (χ4n) is 3.23. The van der Waals surface area contributed by atoms with Crippen molar-refractivity contribution in [2.45, 2.75) is 12.8 Å². The van der Waals surface area contributed by atoms with Gasteiger partial charge in [-0.2, -0.15) is 5.26 Å². The molecule has 1 atom stereocenters. The van der Waals surface area contributed by atoms with Gasteiger partial charge in [0.05, 0.1) is 23.2 Å². The summed E-state index contributed by atoms with van der Waals surface area (Å²) < 4.78 is 5.88. The zero-order valence-corrected chi connectivity index (χ0v) is 14.7. The van der Waals surface area contributed by atoms with Crippen molar-refractivity contribution in [3.05, 3.63) is 88.2 Å². The van der Waals surface area contributed by atoms with Gasteiger partial charge in [0.25, 0.3) is 0 Å². The van der Waals surface area contributed by atoms with E-state index in [1.807, 2.05) is 42.5 Å². The molecule has 2 heterocycles. The van der Waals surface area contributed by atoms with Gasteiger partial charge in [-0.3, -0.25) is 4.90 Å². The second kappa shape index (κ2) is 6.25. The molecule has 2 aromatic carbocycles. The molecule has 6 heteroatoms. The van der Waals surface area contributed by atoms with Crippen LogP contribution < -0.4 is 10.6 Å². The third kappa shape index (κ3) is 2.52. The lowest BCUT2D eigenvalue weighted by atomic mass is 9.86. The molecule has 4 rings (SSSR count). The van der Waals surface area contributed by atoms with Crippen LogP contribution in [0.2, 0.25) is 5.02 Å². The van der Waals surface area contributed by atoms with Gasteiger partial charge < -0.3 is 10.2 Å². The number of oxazole rings is 1. The summed E-state index contributed by atoms with van der Waals surface area (Å²) in [6.07, 6.45) is 0. The minimum absolute atomic E-state index is 0.335. The third-order valence-corrected chi connectivity index (χ3v) is 4.61. The number of fused-ring (bicyclic) bond motifs is 1. The summed E-state index contributed by atoms with van der Waals surface area (Å²) in [7, 11) is 0. The number of nitrogens with two attached hydrogens (primary N) is 1. The molecular formula is C20H15ClN4O. The van der Waals surface area contributed by atoms with E-state index in [9.17, 15) is 5.26 Å². The van der Waals surface area contributed by atoms with Crippen molar-refractivity contribution >= 4 is 23.2 Å². The molecular weight excluding hydrogens is 348 g/mol. The molecule has 128 valence electrons. The van der Waals surface area contributed by atoms with Crippen LogP contribution in [-0.2, 0) is 0 Å². The van der Waals surface area contributed by atoms with Gasteiger partial charge in [-0.15, -0.1) is 0 Å². The van der Waals surface area contributed by atoms with Crippen molar-refractivity contribution in [3.8, 4) is 6.07 Å². The van der Waals surface area contributed by atoms with E-state index in [0.717, 1.165) is 11.3 Å². The van der Waals surface area contributed by atoms with Crippen molar-refractivity contribution in [1.29, 1.82) is 5.26 Å². The maximum Gasteiger partial charge on any atom is 0.230 e. The number of nitrogens with zero attached hydrogens (tertiary/aromatic N) is 3. The van der Waals surface area contributed by atoms with E-state index >= 15 is 0 Å². The van der Waals surface area contributed by atoms with Crippen molar-refractivity contribution in [2.24, 2.45) is 5.73 Å². The molecule has 3 aromatic rings. The first kappa shape index (κ1) is 16.2. The summed E-state index contributed by atoms with van der Waals surface area (Å²) >= 11 is 6.01. The highest BCUT2D eigenvalue weighted by Crippen LogP contribution is 2.46. The Morgan fingerprint density at radius 3 is 2.50 bits per heavy atom. The summed E-state index contributed by atoms with van der Waals surface area (Å²) in [6, 6.07) is 19.1. The Hall–Kier alpha value is -3.23. The number of benzene rings is 2. The number of anilines is 2. The normalized spacial score (nSPS) is 16.3. The van der Waals surface area contributed by atoms with Gasteiger partial charge in [0.1, 0.15) is 11.5 Å². The largest absolute Gasteiger partial charge is 0.424 e. The topological polar surface area (TPSA) is 79.1 Å². The number of aryl methyl sites for hydroxylation is 1. The van der Waals surface area contributed by atoms with Crippen LogP contribution in [0.25, 0.3) is 0 Å². The van der Waals surface area contributed by atoms with Gasteiger partial charge in [0.15, 0.2) is 5.89 Å². The molecule has 0 aliphatic carbocycles. The summed E-state index contributed by atoms with van der Waals surface area (Å²) in [5, 5.41) is 10.5. The lowest BCUT2D eigenvalue weighted by Crippen LogP contribution is -2.31. The standard InChI is InChI=1S/C20H15ClN4O/c1-12-24-18-17(13-7-9-14(21)10-8-13)16(11-22)19(23)25(20(18)26-12)15-5-3-2-4-6-15/h2-10,17H,23H2,1H3. The molecule has 0 fully saturated rings. The molecule has 0 bridgehead atoms. The number of hydrogen-bond acceptors (Lipinski definition) is 5. The second-order valence-corrected chi connectivity index (χ2v) is 6.43.